The van der Waals surface area contributed by atoms with E-state index in [0.29, 0.717) is 22.4 Å². The molecule has 160 valence electrons. The van der Waals surface area contributed by atoms with Crippen LogP contribution >= 0.6 is 11.8 Å². The molecule has 0 bridgehead atoms. The zero-order valence-corrected chi connectivity index (χ0v) is 18.1. The fourth-order valence-electron chi connectivity index (χ4n) is 3.69. The Morgan fingerprint density at radius 2 is 1.66 bits per heavy atom. The first kappa shape index (κ1) is 20.1. The highest BCUT2D eigenvalue weighted by atomic mass is 32.2. The summed E-state index contributed by atoms with van der Waals surface area (Å²) >= 11 is 1.39. The fraction of sp³-hybridized carbons (Fsp3) is 0.125. The molecule has 1 aliphatic rings. The van der Waals surface area contributed by atoms with Gasteiger partial charge in [0.15, 0.2) is 5.82 Å². The van der Waals surface area contributed by atoms with Gasteiger partial charge in [-0.05, 0) is 17.7 Å². The summed E-state index contributed by atoms with van der Waals surface area (Å²) in [7, 11) is 1.59. The molecule has 0 saturated heterocycles. The van der Waals surface area contributed by atoms with Gasteiger partial charge in [-0.25, -0.2) is 4.68 Å². The first-order valence-electron chi connectivity index (χ1n) is 10.2. The molecule has 8 heteroatoms. The second-order valence-corrected chi connectivity index (χ2v) is 8.36. The minimum Gasteiger partial charge on any atom is -0.495 e. The maximum absolute atomic E-state index is 13.4. The molecule has 1 aromatic heterocycles. The molecule has 1 amide bonds. The SMILES string of the molecule is COc1ccccc1NC(=O)[C@@H]1Sc2nnc(-c3ccccc3)n2N[C@H]1c1ccccc1. The van der Waals surface area contributed by atoms with Crippen LogP contribution in [-0.4, -0.2) is 33.1 Å². The third kappa shape index (κ3) is 3.80. The van der Waals surface area contributed by atoms with Crippen LogP contribution in [0.4, 0.5) is 5.69 Å². The van der Waals surface area contributed by atoms with Crippen LogP contribution in [0.15, 0.2) is 90.1 Å². The van der Waals surface area contributed by atoms with E-state index in [9.17, 15) is 4.79 Å². The van der Waals surface area contributed by atoms with Crippen LogP contribution in [0.3, 0.4) is 0 Å². The van der Waals surface area contributed by atoms with Crippen LogP contribution in [0, 0.1) is 0 Å². The van der Waals surface area contributed by atoms with Crippen LogP contribution in [0.1, 0.15) is 11.6 Å². The summed E-state index contributed by atoms with van der Waals surface area (Å²) in [6, 6.07) is 26.9. The van der Waals surface area contributed by atoms with Crippen molar-refractivity contribution in [2.24, 2.45) is 0 Å². The quantitative estimate of drug-likeness (QED) is 0.477. The first-order valence-corrected chi connectivity index (χ1v) is 11.1. The summed E-state index contributed by atoms with van der Waals surface area (Å²) in [5, 5.41) is 11.9. The number of amides is 1. The van der Waals surface area contributed by atoms with Crippen LogP contribution in [0.5, 0.6) is 5.75 Å². The number of hydrogen-bond acceptors (Lipinski definition) is 6. The smallest absolute Gasteiger partial charge is 0.240 e. The topological polar surface area (TPSA) is 81.1 Å². The highest BCUT2D eigenvalue weighted by Crippen LogP contribution is 2.39. The number of hydrogen-bond donors (Lipinski definition) is 2. The van der Waals surface area contributed by atoms with Gasteiger partial charge in [0.05, 0.1) is 18.8 Å². The third-order valence-electron chi connectivity index (χ3n) is 5.25. The minimum atomic E-state index is -0.470. The number of nitrogens with zero attached hydrogens (tertiary/aromatic N) is 3. The van der Waals surface area contributed by atoms with Gasteiger partial charge in [0.2, 0.25) is 11.1 Å². The molecule has 2 heterocycles. The number of ether oxygens (including phenoxy) is 1. The molecule has 1 aliphatic heterocycles. The first-order chi connectivity index (χ1) is 15.7. The van der Waals surface area contributed by atoms with Crippen molar-refractivity contribution in [3.63, 3.8) is 0 Å². The number of para-hydroxylation sites is 2. The molecule has 4 aromatic rings. The van der Waals surface area contributed by atoms with Gasteiger partial charge in [-0.1, -0.05) is 84.6 Å². The van der Waals surface area contributed by atoms with Gasteiger partial charge in [-0.2, -0.15) is 0 Å². The normalized spacial score (nSPS) is 17.2. The van der Waals surface area contributed by atoms with Gasteiger partial charge >= 0.3 is 0 Å². The lowest BCUT2D eigenvalue weighted by molar-refractivity contribution is -0.116. The largest absolute Gasteiger partial charge is 0.495 e. The number of benzene rings is 3. The second kappa shape index (κ2) is 8.76. The van der Waals surface area contributed by atoms with Crippen molar-refractivity contribution in [2.75, 3.05) is 17.9 Å². The predicted octanol–water partition coefficient (Wildman–Crippen LogP) is 4.35. The summed E-state index contributed by atoms with van der Waals surface area (Å²) in [5.41, 5.74) is 6.06. The van der Waals surface area contributed by atoms with Gasteiger partial charge in [-0.3, -0.25) is 4.79 Å². The van der Waals surface area contributed by atoms with Crippen molar-refractivity contribution in [2.45, 2.75) is 16.4 Å². The van der Waals surface area contributed by atoms with E-state index in [1.807, 2.05) is 89.6 Å². The lowest BCUT2D eigenvalue weighted by Crippen LogP contribution is -2.41. The summed E-state index contributed by atoms with van der Waals surface area (Å²) in [5.74, 6) is 1.18. The number of thioether (sulfide) groups is 1. The van der Waals surface area contributed by atoms with E-state index in [1.165, 1.54) is 11.8 Å². The Bertz CT molecular complexity index is 1230. The average molecular weight is 444 g/mol. The van der Waals surface area contributed by atoms with Gasteiger partial charge in [0.1, 0.15) is 11.0 Å². The van der Waals surface area contributed by atoms with Crippen LogP contribution in [-0.2, 0) is 4.79 Å². The zero-order chi connectivity index (χ0) is 21.9. The predicted molar refractivity (Wildman–Crippen MR) is 125 cm³/mol. The Hall–Kier alpha value is -3.78. The Balaban J connectivity index is 1.51. The molecule has 0 spiro atoms. The van der Waals surface area contributed by atoms with Crippen molar-refractivity contribution >= 4 is 23.4 Å². The molecule has 3 aromatic carbocycles. The monoisotopic (exact) mass is 443 g/mol. The lowest BCUT2D eigenvalue weighted by atomic mass is 10.0. The average Bonchev–Trinajstić information content (AvgIpc) is 3.27. The summed E-state index contributed by atoms with van der Waals surface area (Å²) < 4.78 is 7.26. The molecule has 0 fully saturated rings. The molecular formula is C24H21N5O2S. The van der Waals surface area contributed by atoms with E-state index >= 15 is 0 Å². The van der Waals surface area contributed by atoms with E-state index < -0.39 is 5.25 Å². The van der Waals surface area contributed by atoms with Gasteiger partial charge < -0.3 is 15.5 Å². The van der Waals surface area contributed by atoms with Crippen molar-refractivity contribution in [3.05, 3.63) is 90.5 Å². The van der Waals surface area contributed by atoms with E-state index in [2.05, 4.69) is 20.9 Å². The van der Waals surface area contributed by atoms with E-state index in [0.717, 1.165) is 11.1 Å². The standard InChI is InChI=1S/C24H21N5O2S/c1-31-19-15-9-8-14-18(19)25-23(30)21-20(16-10-4-2-5-11-16)28-29-22(26-27-24(29)32-21)17-12-6-3-7-13-17/h2-15,20-21,28H,1H3,(H,25,30)/t20-,21+/m0/s1. The minimum absolute atomic E-state index is 0.142. The van der Waals surface area contributed by atoms with Gasteiger partial charge in [0.25, 0.3) is 0 Å². The number of nitrogens with one attached hydrogen (secondary N) is 2. The molecule has 32 heavy (non-hydrogen) atoms. The van der Waals surface area contributed by atoms with E-state index in [-0.39, 0.29) is 11.9 Å². The Morgan fingerprint density at radius 3 is 2.41 bits per heavy atom. The van der Waals surface area contributed by atoms with Crippen molar-refractivity contribution in [1.82, 2.24) is 14.9 Å². The molecule has 2 atom stereocenters. The Labute approximate surface area is 189 Å². The highest BCUT2D eigenvalue weighted by molar-refractivity contribution is 8.00. The van der Waals surface area contributed by atoms with Crippen LogP contribution < -0.4 is 15.5 Å². The zero-order valence-electron chi connectivity index (χ0n) is 17.3. The summed E-state index contributed by atoms with van der Waals surface area (Å²) in [4.78, 5) is 13.4. The van der Waals surface area contributed by atoms with Crippen molar-refractivity contribution < 1.29 is 9.53 Å². The Morgan fingerprint density at radius 1 is 0.969 bits per heavy atom. The van der Waals surface area contributed by atoms with E-state index in [1.54, 1.807) is 7.11 Å². The number of anilines is 1. The van der Waals surface area contributed by atoms with Gasteiger partial charge in [0, 0.05) is 5.56 Å². The number of aromatic nitrogens is 3. The molecule has 0 saturated carbocycles. The molecule has 5 rings (SSSR count). The Kier molecular flexibility index (Phi) is 5.51. The van der Waals surface area contributed by atoms with Crippen LogP contribution in [0.2, 0.25) is 0 Å². The van der Waals surface area contributed by atoms with Crippen molar-refractivity contribution in [3.8, 4) is 17.1 Å². The summed E-state index contributed by atoms with van der Waals surface area (Å²) in [6.45, 7) is 0. The maximum atomic E-state index is 13.4. The lowest BCUT2D eigenvalue weighted by Gasteiger charge is -2.33. The van der Waals surface area contributed by atoms with Crippen molar-refractivity contribution in [1.29, 1.82) is 0 Å². The number of fused-ring (bicyclic) bond motifs is 1. The number of carbonyl (C=O) groups is 1. The molecule has 0 aliphatic carbocycles. The number of carbonyl (C=O) groups excluding carboxylic acids is 1. The van der Waals surface area contributed by atoms with Crippen LogP contribution in [0.25, 0.3) is 11.4 Å². The second-order valence-electron chi connectivity index (χ2n) is 7.25. The van der Waals surface area contributed by atoms with Gasteiger partial charge in [-0.15, -0.1) is 10.2 Å². The molecular weight excluding hydrogens is 422 g/mol. The number of methoxy groups -OCH3 is 1. The fourth-order valence-corrected chi connectivity index (χ4v) is 4.77. The van der Waals surface area contributed by atoms with E-state index in [4.69, 9.17) is 4.74 Å². The number of rotatable bonds is 5. The third-order valence-corrected chi connectivity index (χ3v) is 6.47. The maximum Gasteiger partial charge on any atom is 0.240 e. The highest BCUT2D eigenvalue weighted by Gasteiger charge is 2.38. The molecule has 7 nitrogen and oxygen atoms in total. The summed E-state index contributed by atoms with van der Waals surface area (Å²) in [6.07, 6.45) is 0. The molecule has 2 N–H and O–H groups in total. The molecule has 0 unspecified atom stereocenters. The molecule has 0 radical (unpaired) electrons.